The van der Waals surface area contributed by atoms with Crippen molar-refractivity contribution in [3.05, 3.63) is 81.8 Å². The average molecular weight is 389 g/mol. The van der Waals surface area contributed by atoms with E-state index in [1.54, 1.807) is 0 Å². The molecule has 138 valence electrons. The molecule has 0 aliphatic heterocycles. The van der Waals surface area contributed by atoms with Crippen LogP contribution in [0.4, 0.5) is 8.78 Å². The molecule has 0 fully saturated rings. The van der Waals surface area contributed by atoms with Gasteiger partial charge in [-0.15, -0.1) is 11.3 Å². The lowest BCUT2D eigenvalue weighted by Crippen LogP contribution is -2.41. The molecular weight excluding hydrogens is 376 g/mol. The highest BCUT2D eigenvalue weighted by Crippen LogP contribution is 2.16. The Hall–Kier alpha value is -3.33. The van der Waals surface area contributed by atoms with Crippen LogP contribution in [0.5, 0.6) is 5.75 Å². The molecule has 0 unspecified atom stereocenters. The molecule has 0 saturated carbocycles. The van der Waals surface area contributed by atoms with Crippen LogP contribution in [-0.4, -0.2) is 16.8 Å². The number of rotatable bonds is 5. The van der Waals surface area contributed by atoms with Crippen molar-refractivity contribution in [3.63, 3.8) is 0 Å². The van der Waals surface area contributed by atoms with E-state index in [0.717, 1.165) is 12.1 Å². The van der Waals surface area contributed by atoms with Crippen molar-refractivity contribution in [2.24, 2.45) is 0 Å². The van der Waals surface area contributed by atoms with Gasteiger partial charge in [0.15, 0.2) is 0 Å². The summed E-state index contributed by atoms with van der Waals surface area (Å²) in [5.74, 6) is -1.54. The molecule has 0 saturated heterocycles. The average Bonchev–Trinajstić information content (AvgIpc) is 3.15. The van der Waals surface area contributed by atoms with E-state index in [1.165, 1.54) is 53.1 Å². The zero-order chi connectivity index (χ0) is 19.2. The first-order valence-electron chi connectivity index (χ1n) is 7.70. The minimum atomic E-state index is -0.602. The third-order valence-corrected chi connectivity index (χ3v) is 4.18. The van der Waals surface area contributed by atoms with Gasteiger partial charge < -0.3 is 4.74 Å². The van der Waals surface area contributed by atoms with E-state index >= 15 is 0 Å². The number of aromatic nitrogens is 1. The summed E-state index contributed by atoms with van der Waals surface area (Å²) in [4.78, 5) is 28.0. The molecule has 3 aromatic rings. The van der Waals surface area contributed by atoms with E-state index in [0.29, 0.717) is 10.8 Å². The highest BCUT2D eigenvalue weighted by atomic mass is 32.1. The van der Waals surface area contributed by atoms with Crippen molar-refractivity contribution >= 4 is 23.2 Å². The number of thiazole rings is 1. The Labute approximate surface area is 156 Å². The maximum Gasteiger partial charge on any atom is 0.289 e. The molecule has 0 aliphatic carbocycles. The zero-order valence-corrected chi connectivity index (χ0v) is 14.6. The van der Waals surface area contributed by atoms with Gasteiger partial charge in [-0.05, 0) is 48.5 Å². The summed E-state index contributed by atoms with van der Waals surface area (Å²) in [6, 6.07) is 10.4. The number of benzene rings is 2. The lowest BCUT2D eigenvalue weighted by atomic mass is 10.2. The Morgan fingerprint density at radius 1 is 0.926 bits per heavy atom. The molecule has 0 spiro atoms. The van der Waals surface area contributed by atoms with E-state index in [-0.39, 0.29) is 23.7 Å². The predicted octanol–water partition coefficient (Wildman–Crippen LogP) is 3.08. The van der Waals surface area contributed by atoms with Crippen LogP contribution in [-0.2, 0) is 6.61 Å². The Balaban J connectivity index is 1.51. The number of amides is 2. The number of hydrogen-bond donors (Lipinski definition) is 2. The molecule has 0 bridgehead atoms. The van der Waals surface area contributed by atoms with Gasteiger partial charge in [-0.3, -0.25) is 20.4 Å². The van der Waals surface area contributed by atoms with Crippen molar-refractivity contribution in [1.82, 2.24) is 15.8 Å². The number of hydrogen-bond acceptors (Lipinski definition) is 5. The van der Waals surface area contributed by atoms with Crippen molar-refractivity contribution in [1.29, 1.82) is 0 Å². The zero-order valence-electron chi connectivity index (χ0n) is 13.7. The predicted molar refractivity (Wildman–Crippen MR) is 94.2 cm³/mol. The standard InChI is InChI=1S/C18H13F2N3O3S/c19-12-3-1-11(2-4-12)17(24)22-23-18(25)15-10-27-16(21-15)9-26-14-7-5-13(20)6-8-14/h1-8,10H,9H2,(H,22,24)(H,23,25). The van der Waals surface area contributed by atoms with Gasteiger partial charge in [-0.1, -0.05) is 0 Å². The van der Waals surface area contributed by atoms with Crippen LogP contribution in [0, 0.1) is 11.6 Å². The first-order valence-corrected chi connectivity index (χ1v) is 8.58. The van der Waals surface area contributed by atoms with Crippen molar-refractivity contribution in [3.8, 4) is 5.75 Å². The van der Waals surface area contributed by atoms with E-state index in [9.17, 15) is 18.4 Å². The second-order valence-electron chi connectivity index (χ2n) is 5.28. The number of hydrazine groups is 1. The summed E-state index contributed by atoms with van der Waals surface area (Å²) in [6.45, 7) is 0.117. The molecule has 0 radical (unpaired) electrons. The molecule has 2 amide bonds. The minimum absolute atomic E-state index is 0.108. The van der Waals surface area contributed by atoms with E-state index in [4.69, 9.17) is 4.74 Å². The molecule has 6 nitrogen and oxygen atoms in total. The Morgan fingerprint density at radius 2 is 1.52 bits per heavy atom. The molecule has 3 rings (SSSR count). The van der Waals surface area contributed by atoms with Crippen molar-refractivity contribution in [2.75, 3.05) is 0 Å². The maximum atomic E-state index is 12.8. The number of nitrogens with zero attached hydrogens (tertiary/aromatic N) is 1. The van der Waals surface area contributed by atoms with Crippen molar-refractivity contribution < 1.29 is 23.1 Å². The Bertz CT molecular complexity index is 943. The van der Waals surface area contributed by atoms with Gasteiger partial charge >= 0.3 is 0 Å². The quantitative estimate of drug-likeness (QED) is 0.658. The second-order valence-corrected chi connectivity index (χ2v) is 6.23. The van der Waals surface area contributed by atoms with Gasteiger partial charge in [0.05, 0.1) is 0 Å². The smallest absolute Gasteiger partial charge is 0.289 e. The molecule has 2 N–H and O–H groups in total. The monoisotopic (exact) mass is 389 g/mol. The first-order chi connectivity index (χ1) is 13.0. The highest BCUT2D eigenvalue weighted by molar-refractivity contribution is 7.09. The largest absolute Gasteiger partial charge is 0.486 e. The number of halogens is 2. The molecule has 2 aromatic carbocycles. The number of nitrogens with one attached hydrogen (secondary N) is 2. The van der Waals surface area contributed by atoms with Gasteiger partial charge in [-0.25, -0.2) is 13.8 Å². The topological polar surface area (TPSA) is 80.3 Å². The lowest BCUT2D eigenvalue weighted by Gasteiger charge is -2.06. The minimum Gasteiger partial charge on any atom is -0.486 e. The van der Waals surface area contributed by atoms with Gasteiger partial charge in [0, 0.05) is 10.9 Å². The van der Waals surface area contributed by atoms with Gasteiger partial charge in [0.1, 0.15) is 34.7 Å². The van der Waals surface area contributed by atoms with Crippen LogP contribution in [0.15, 0.2) is 53.9 Å². The summed E-state index contributed by atoms with van der Waals surface area (Å²) in [5, 5.41) is 2.05. The number of ether oxygens (including phenoxy) is 1. The number of carbonyl (C=O) groups excluding carboxylic acids is 2. The Morgan fingerprint density at radius 3 is 2.19 bits per heavy atom. The molecule has 0 atom stereocenters. The fourth-order valence-electron chi connectivity index (χ4n) is 2.01. The van der Waals surface area contributed by atoms with E-state index < -0.39 is 17.6 Å². The van der Waals surface area contributed by atoms with E-state index in [2.05, 4.69) is 15.8 Å². The summed E-state index contributed by atoms with van der Waals surface area (Å²) >= 11 is 1.21. The first kappa shape index (κ1) is 18.5. The number of carbonyl (C=O) groups is 2. The summed E-state index contributed by atoms with van der Waals surface area (Å²) in [7, 11) is 0. The van der Waals surface area contributed by atoms with Crippen LogP contribution >= 0.6 is 11.3 Å². The van der Waals surface area contributed by atoms with Gasteiger partial charge in [-0.2, -0.15) is 0 Å². The van der Waals surface area contributed by atoms with Crippen LogP contribution in [0.3, 0.4) is 0 Å². The SMILES string of the molecule is O=C(NNC(=O)c1csc(COc2ccc(F)cc2)n1)c1ccc(F)cc1. The summed E-state index contributed by atoms with van der Waals surface area (Å²) in [5.41, 5.74) is 4.77. The lowest BCUT2D eigenvalue weighted by molar-refractivity contribution is 0.0844. The highest BCUT2D eigenvalue weighted by Gasteiger charge is 2.13. The van der Waals surface area contributed by atoms with E-state index in [1.807, 2.05) is 0 Å². The third kappa shape index (κ3) is 5.08. The van der Waals surface area contributed by atoms with Crippen LogP contribution in [0.1, 0.15) is 25.9 Å². The normalized spacial score (nSPS) is 10.3. The molecule has 27 heavy (non-hydrogen) atoms. The van der Waals surface area contributed by atoms with Gasteiger partial charge in [0.25, 0.3) is 11.8 Å². The molecular formula is C18H13F2N3O3S. The molecule has 0 aliphatic rings. The van der Waals surface area contributed by atoms with Crippen LogP contribution in [0.2, 0.25) is 0 Å². The fraction of sp³-hybridized carbons (Fsp3) is 0.0556. The summed E-state index contributed by atoms with van der Waals surface area (Å²) < 4.78 is 31.1. The van der Waals surface area contributed by atoms with Crippen molar-refractivity contribution in [2.45, 2.75) is 6.61 Å². The fourth-order valence-corrected chi connectivity index (χ4v) is 2.69. The van der Waals surface area contributed by atoms with Gasteiger partial charge in [0.2, 0.25) is 0 Å². The molecule has 1 heterocycles. The maximum absolute atomic E-state index is 12.8. The molecule has 1 aromatic heterocycles. The Kier molecular flexibility index (Phi) is 5.72. The van der Waals surface area contributed by atoms with Crippen LogP contribution < -0.4 is 15.6 Å². The summed E-state index contributed by atoms with van der Waals surface area (Å²) in [6.07, 6.45) is 0. The third-order valence-electron chi connectivity index (χ3n) is 3.36. The second kappa shape index (κ2) is 8.37. The van der Waals surface area contributed by atoms with Crippen LogP contribution in [0.25, 0.3) is 0 Å². The molecule has 9 heteroatoms.